The highest BCUT2D eigenvalue weighted by molar-refractivity contribution is 7.22. The molecule has 1 aromatic carbocycles. The fraction of sp³-hybridized carbons (Fsp3) is 0.385. The number of halogens is 2. The maximum absolute atomic E-state index is 14.0. The first-order valence-electron chi connectivity index (χ1n) is 12.2. The van der Waals surface area contributed by atoms with Crippen LogP contribution in [0.5, 0.6) is 5.75 Å². The fourth-order valence-electron chi connectivity index (χ4n) is 4.47. The number of para-hydroxylation sites is 1. The number of benzene rings is 1. The molecule has 3 aromatic heterocycles. The van der Waals surface area contributed by atoms with Crippen LogP contribution in [-0.4, -0.2) is 44.7 Å². The van der Waals surface area contributed by atoms with Crippen molar-refractivity contribution < 1.29 is 37.3 Å². The number of rotatable bonds is 10. The van der Waals surface area contributed by atoms with E-state index in [0.717, 1.165) is 11.3 Å². The maximum atomic E-state index is 14.0. The first-order chi connectivity index (χ1) is 19.0. The lowest BCUT2D eigenvalue weighted by Crippen LogP contribution is -2.52. The lowest BCUT2D eigenvalue weighted by molar-refractivity contribution is -0.240. The monoisotopic (exact) mass is 577 g/mol. The molecule has 4 heterocycles. The van der Waals surface area contributed by atoms with Gasteiger partial charge in [0.15, 0.2) is 6.29 Å². The smallest absolute Gasteiger partial charge is 0.387 e. The number of aliphatic carboxylic acids is 1. The zero-order chi connectivity index (χ0) is 28.8. The minimum atomic E-state index is -3.11. The number of fused-ring (bicyclic) bond motifs is 1. The van der Waals surface area contributed by atoms with Gasteiger partial charge in [-0.3, -0.25) is 9.36 Å². The van der Waals surface area contributed by atoms with Crippen LogP contribution in [-0.2, 0) is 26.4 Å². The zero-order valence-corrected chi connectivity index (χ0v) is 22.4. The molecule has 1 saturated heterocycles. The molecule has 0 aliphatic carbocycles. The molecule has 5 rings (SSSR count). The van der Waals surface area contributed by atoms with Crippen molar-refractivity contribution in [2.45, 2.75) is 58.3 Å². The minimum Gasteiger partial charge on any atom is -0.480 e. The Balaban J connectivity index is 1.76. The number of carbonyl (C=O) groups is 1. The predicted octanol–water partition coefficient (Wildman–Crippen LogP) is 4.11. The highest BCUT2D eigenvalue weighted by Gasteiger charge is 2.36. The Labute approximate surface area is 229 Å². The summed E-state index contributed by atoms with van der Waals surface area (Å²) in [4.78, 5) is 44.7. The summed E-state index contributed by atoms with van der Waals surface area (Å²) < 4.78 is 50.0. The lowest BCUT2D eigenvalue weighted by atomic mass is 10.1. The largest absolute Gasteiger partial charge is 0.480 e. The third kappa shape index (κ3) is 4.82. The van der Waals surface area contributed by atoms with Crippen molar-refractivity contribution in [1.82, 2.24) is 14.1 Å². The second-order valence-electron chi connectivity index (χ2n) is 9.60. The van der Waals surface area contributed by atoms with E-state index in [0.29, 0.717) is 28.0 Å². The van der Waals surface area contributed by atoms with E-state index in [9.17, 15) is 28.3 Å². The maximum Gasteiger partial charge on any atom is 0.387 e. The van der Waals surface area contributed by atoms with Crippen LogP contribution < -0.4 is 16.0 Å². The third-order valence-corrected chi connectivity index (χ3v) is 8.03. The molecule has 1 N–H and O–H groups in total. The Bertz CT molecular complexity index is 1670. The van der Waals surface area contributed by atoms with Crippen molar-refractivity contribution >= 4 is 27.5 Å². The minimum absolute atomic E-state index is 0.0999. The van der Waals surface area contributed by atoms with E-state index in [4.69, 9.17) is 18.6 Å². The first-order valence-corrected chi connectivity index (χ1v) is 13.1. The van der Waals surface area contributed by atoms with Gasteiger partial charge in [-0.1, -0.05) is 18.2 Å². The number of aryl methyl sites for hydroxylation is 1. The lowest BCUT2D eigenvalue weighted by Gasteiger charge is -2.32. The van der Waals surface area contributed by atoms with Gasteiger partial charge in [-0.05, 0) is 32.4 Å². The van der Waals surface area contributed by atoms with Crippen LogP contribution in [0.3, 0.4) is 0 Å². The molecule has 2 atom stereocenters. The van der Waals surface area contributed by atoms with Gasteiger partial charge in [0.2, 0.25) is 5.89 Å². The molecule has 0 radical (unpaired) electrons. The van der Waals surface area contributed by atoms with Crippen LogP contribution in [0.1, 0.15) is 37.5 Å². The van der Waals surface area contributed by atoms with Crippen molar-refractivity contribution in [2.24, 2.45) is 0 Å². The van der Waals surface area contributed by atoms with Crippen LogP contribution >= 0.6 is 11.3 Å². The molecule has 1 unspecified atom stereocenters. The van der Waals surface area contributed by atoms with Crippen LogP contribution in [0.15, 0.2) is 50.7 Å². The molecule has 1 fully saturated rings. The standard InChI is InChI=1S/C26H25F2N3O8S/c1-13-18-21(32)31(26(2,3)23(33)34)25(35)30(22(18)40-19(13)20-29-9-11-37-20)12-16(38-17-8-10-36-17)14-6-4-5-7-15(14)39-24(27)28/h4-7,9,11,16-17,24H,8,10,12H2,1-3H3,(H,33,34)/t16-,17?/m0/s1. The number of aromatic nitrogens is 3. The summed E-state index contributed by atoms with van der Waals surface area (Å²) >= 11 is 1.06. The van der Waals surface area contributed by atoms with E-state index in [1.165, 1.54) is 49.1 Å². The van der Waals surface area contributed by atoms with Crippen LogP contribution in [0, 0.1) is 6.92 Å². The number of hydrogen-bond acceptors (Lipinski definition) is 9. The molecule has 4 aromatic rings. The summed E-state index contributed by atoms with van der Waals surface area (Å²) in [6.45, 7) is 1.18. The number of nitrogens with zero attached hydrogens (tertiary/aromatic N) is 3. The van der Waals surface area contributed by atoms with E-state index < -0.39 is 41.8 Å². The van der Waals surface area contributed by atoms with Crippen LogP contribution in [0.25, 0.3) is 21.0 Å². The van der Waals surface area contributed by atoms with Crippen molar-refractivity contribution in [3.05, 3.63) is 68.7 Å². The van der Waals surface area contributed by atoms with Gasteiger partial charge in [-0.15, -0.1) is 11.3 Å². The number of hydrogen-bond donors (Lipinski definition) is 1. The number of thiophene rings is 1. The molecular weight excluding hydrogens is 552 g/mol. The molecular formula is C26H25F2N3O8S. The van der Waals surface area contributed by atoms with E-state index in [1.807, 2.05) is 0 Å². The molecule has 14 heteroatoms. The summed E-state index contributed by atoms with van der Waals surface area (Å²) in [5.74, 6) is -1.34. The average Bonchev–Trinajstić information content (AvgIpc) is 3.50. The summed E-state index contributed by atoms with van der Waals surface area (Å²) in [5.41, 5.74) is -2.98. The normalized spacial score (nSPS) is 16.3. The Hall–Kier alpha value is -3.88. The van der Waals surface area contributed by atoms with Gasteiger partial charge in [0.25, 0.3) is 5.56 Å². The van der Waals surface area contributed by atoms with Crippen LogP contribution in [0.2, 0.25) is 0 Å². The molecule has 0 spiro atoms. The van der Waals surface area contributed by atoms with E-state index in [1.54, 1.807) is 13.0 Å². The Morgan fingerprint density at radius 2 is 2.02 bits per heavy atom. The topological polar surface area (TPSA) is 135 Å². The van der Waals surface area contributed by atoms with Gasteiger partial charge in [-0.25, -0.2) is 19.1 Å². The molecule has 0 amide bonds. The summed E-state index contributed by atoms with van der Waals surface area (Å²) in [7, 11) is 0. The van der Waals surface area contributed by atoms with Gasteiger partial charge < -0.3 is 23.7 Å². The third-order valence-electron chi connectivity index (χ3n) is 6.73. The number of ether oxygens (including phenoxy) is 3. The van der Waals surface area contributed by atoms with Crippen molar-refractivity contribution in [1.29, 1.82) is 0 Å². The summed E-state index contributed by atoms with van der Waals surface area (Å²) in [5, 5.41) is 10.0. The van der Waals surface area contributed by atoms with Crippen LogP contribution in [0.4, 0.5) is 8.78 Å². The van der Waals surface area contributed by atoms with E-state index >= 15 is 0 Å². The van der Waals surface area contributed by atoms with Crippen molar-refractivity contribution in [2.75, 3.05) is 6.61 Å². The highest BCUT2D eigenvalue weighted by atomic mass is 32.1. The zero-order valence-electron chi connectivity index (χ0n) is 21.6. The van der Waals surface area contributed by atoms with Crippen molar-refractivity contribution in [3.8, 4) is 16.5 Å². The predicted molar refractivity (Wildman–Crippen MR) is 139 cm³/mol. The van der Waals surface area contributed by atoms with Gasteiger partial charge >= 0.3 is 18.3 Å². The SMILES string of the molecule is Cc1c(-c2ncco2)sc2c1c(=O)n(C(C)(C)C(=O)O)c(=O)n2C[C@H](OC1CCO1)c1ccccc1OC(F)F. The van der Waals surface area contributed by atoms with E-state index in [-0.39, 0.29) is 34.0 Å². The fourth-order valence-corrected chi connectivity index (χ4v) is 5.71. The molecule has 212 valence electrons. The van der Waals surface area contributed by atoms with Crippen molar-refractivity contribution in [3.63, 3.8) is 0 Å². The molecule has 1 aliphatic heterocycles. The number of alkyl halides is 2. The van der Waals surface area contributed by atoms with Gasteiger partial charge in [0.1, 0.15) is 28.5 Å². The Morgan fingerprint density at radius 3 is 2.62 bits per heavy atom. The molecule has 11 nitrogen and oxygen atoms in total. The average molecular weight is 578 g/mol. The summed E-state index contributed by atoms with van der Waals surface area (Å²) in [6.07, 6.45) is 1.62. The molecule has 0 bridgehead atoms. The Morgan fingerprint density at radius 1 is 1.30 bits per heavy atom. The van der Waals surface area contributed by atoms with Gasteiger partial charge in [0, 0.05) is 12.0 Å². The number of carboxylic acid groups (broad SMARTS) is 1. The highest BCUT2D eigenvalue weighted by Crippen LogP contribution is 2.38. The molecule has 0 saturated carbocycles. The summed E-state index contributed by atoms with van der Waals surface area (Å²) in [6, 6.07) is 6.00. The van der Waals surface area contributed by atoms with Gasteiger partial charge in [0.05, 0.1) is 29.6 Å². The quantitative estimate of drug-likeness (QED) is 0.295. The second kappa shape index (κ2) is 10.6. The molecule has 40 heavy (non-hydrogen) atoms. The second-order valence-corrected chi connectivity index (χ2v) is 10.6. The number of oxazole rings is 1. The first kappa shape index (κ1) is 27.7. The Kier molecular flexibility index (Phi) is 7.33. The number of carboxylic acids is 1. The van der Waals surface area contributed by atoms with E-state index in [2.05, 4.69) is 4.98 Å². The van der Waals surface area contributed by atoms with Gasteiger partial charge in [-0.2, -0.15) is 8.78 Å². The molecule has 1 aliphatic rings.